The molecular weight excluding hydrogens is 326 g/mol. The molecule has 0 amide bonds. The molecule has 24 heavy (non-hydrogen) atoms. The Morgan fingerprint density at radius 1 is 1.17 bits per heavy atom. The monoisotopic (exact) mass is 341 g/mol. The van der Waals surface area contributed by atoms with Gasteiger partial charge in [0.1, 0.15) is 6.04 Å². The van der Waals surface area contributed by atoms with E-state index in [0.29, 0.717) is 29.1 Å². The van der Waals surface area contributed by atoms with Crippen molar-refractivity contribution in [2.45, 2.75) is 25.3 Å². The molecule has 1 aliphatic rings. The van der Waals surface area contributed by atoms with Crippen molar-refractivity contribution in [3.63, 3.8) is 0 Å². The fourth-order valence-corrected chi connectivity index (χ4v) is 3.19. The van der Waals surface area contributed by atoms with Crippen LogP contribution in [0, 0.1) is 0 Å². The molecule has 4 rings (SSSR count). The molecule has 7 heteroatoms. The molecule has 1 atom stereocenters. The van der Waals surface area contributed by atoms with Gasteiger partial charge in [-0.15, -0.1) is 0 Å². The van der Waals surface area contributed by atoms with Crippen molar-refractivity contribution in [1.82, 2.24) is 20.1 Å². The van der Waals surface area contributed by atoms with Gasteiger partial charge in [0.15, 0.2) is 5.82 Å². The number of halogens is 1. The second-order valence-electron chi connectivity index (χ2n) is 5.72. The topological polar surface area (TPSA) is 67.9 Å². The Morgan fingerprint density at radius 3 is 2.83 bits per heavy atom. The summed E-state index contributed by atoms with van der Waals surface area (Å²) in [5, 5.41) is 4.83. The van der Waals surface area contributed by atoms with Gasteiger partial charge in [0.05, 0.1) is 0 Å². The lowest BCUT2D eigenvalue weighted by molar-refractivity contribution is 0.350. The minimum atomic E-state index is 0.0277. The molecule has 3 aromatic rings. The van der Waals surface area contributed by atoms with Crippen molar-refractivity contribution in [1.29, 1.82) is 0 Å². The number of aromatic nitrogens is 4. The maximum Gasteiger partial charge on any atom is 0.249 e. The summed E-state index contributed by atoms with van der Waals surface area (Å²) >= 11 is 6.20. The lowest BCUT2D eigenvalue weighted by Crippen LogP contribution is -2.24. The van der Waals surface area contributed by atoms with Gasteiger partial charge in [-0.05, 0) is 30.5 Å². The summed E-state index contributed by atoms with van der Waals surface area (Å²) in [7, 11) is 0. The Morgan fingerprint density at radius 2 is 2.00 bits per heavy atom. The van der Waals surface area contributed by atoms with Gasteiger partial charge >= 0.3 is 0 Å². The van der Waals surface area contributed by atoms with E-state index in [4.69, 9.17) is 16.1 Å². The van der Waals surface area contributed by atoms with Crippen LogP contribution in [0.3, 0.4) is 0 Å². The van der Waals surface area contributed by atoms with Crippen LogP contribution in [-0.2, 0) is 6.42 Å². The molecule has 0 saturated carbocycles. The van der Waals surface area contributed by atoms with Crippen molar-refractivity contribution in [2.75, 3.05) is 11.4 Å². The maximum absolute atomic E-state index is 6.20. The summed E-state index contributed by atoms with van der Waals surface area (Å²) in [6.45, 7) is 0.886. The van der Waals surface area contributed by atoms with Crippen LogP contribution in [-0.4, -0.2) is 26.7 Å². The minimum absolute atomic E-state index is 0.0277. The fourth-order valence-electron chi connectivity index (χ4n) is 2.99. The van der Waals surface area contributed by atoms with Crippen LogP contribution < -0.4 is 4.90 Å². The molecule has 0 radical (unpaired) electrons. The van der Waals surface area contributed by atoms with Gasteiger partial charge in [-0.3, -0.25) is 0 Å². The molecule has 0 N–H and O–H groups in total. The van der Waals surface area contributed by atoms with E-state index in [0.717, 1.165) is 24.9 Å². The van der Waals surface area contributed by atoms with E-state index in [9.17, 15) is 0 Å². The Labute approximate surface area is 144 Å². The molecule has 1 fully saturated rings. The van der Waals surface area contributed by atoms with E-state index in [2.05, 4.69) is 25.0 Å². The summed E-state index contributed by atoms with van der Waals surface area (Å²) in [6, 6.07) is 9.53. The first-order valence-electron chi connectivity index (χ1n) is 7.91. The summed E-state index contributed by atoms with van der Waals surface area (Å²) in [5.41, 5.74) is 0.987. The van der Waals surface area contributed by atoms with Crippen LogP contribution in [0.15, 0.2) is 47.2 Å². The zero-order chi connectivity index (χ0) is 16.4. The standard InChI is InChI=1S/C17H16ClN5O/c18-13-6-2-1-5-12(13)11-15-21-16(24-22-15)14-7-3-10-23(14)17-19-8-4-9-20-17/h1-2,4-6,8-9,14H,3,7,10-11H2. The molecule has 0 aliphatic carbocycles. The zero-order valence-electron chi connectivity index (χ0n) is 13.0. The summed E-state index contributed by atoms with van der Waals surface area (Å²) < 4.78 is 5.51. The van der Waals surface area contributed by atoms with E-state index in [1.165, 1.54) is 0 Å². The highest BCUT2D eigenvalue weighted by atomic mass is 35.5. The molecule has 1 saturated heterocycles. The average molecular weight is 342 g/mol. The molecule has 0 bridgehead atoms. The van der Waals surface area contributed by atoms with Crippen molar-refractivity contribution in [3.8, 4) is 0 Å². The molecule has 1 aromatic carbocycles. The smallest absolute Gasteiger partial charge is 0.249 e. The summed E-state index contributed by atoms with van der Waals surface area (Å²) in [5.74, 6) is 1.95. The van der Waals surface area contributed by atoms with Crippen molar-refractivity contribution < 1.29 is 4.52 Å². The van der Waals surface area contributed by atoms with Crippen LogP contribution in [0.5, 0.6) is 0 Å². The predicted octanol–water partition coefficient (Wildman–Crippen LogP) is 3.45. The summed E-state index contributed by atoms with van der Waals surface area (Å²) in [6.07, 6.45) is 6.04. The number of rotatable bonds is 4. The Hall–Kier alpha value is -2.47. The van der Waals surface area contributed by atoms with Gasteiger partial charge in [0, 0.05) is 30.4 Å². The van der Waals surface area contributed by atoms with E-state index in [1.807, 2.05) is 30.3 Å². The van der Waals surface area contributed by atoms with Crippen LogP contribution in [0.4, 0.5) is 5.95 Å². The molecule has 3 heterocycles. The molecule has 122 valence electrons. The largest absolute Gasteiger partial charge is 0.337 e. The van der Waals surface area contributed by atoms with E-state index in [-0.39, 0.29) is 6.04 Å². The first kappa shape index (κ1) is 15.1. The molecule has 1 aliphatic heterocycles. The first-order valence-corrected chi connectivity index (χ1v) is 8.28. The maximum atomic E-state index is 6.20. The van der Waals surface area contributed by atoms with Gasteiger partial charge in [-0.2, -0.15) is 4.98 Å². The third-order valence-corrected chi connectivity index (χ3v) is 4.51. The highest BCUT2D eigenvalue weighted by Crippen LogP contribution is 2.33. The lowest BCUT2D eigenvalue weighted by atomic mass is 10.1. The normalized spacial score (nSPS) is 17.4. The molecule has 1 unspecified atom stereocenters. The first-order chi connectivity index (χ1) is 11.8. The second-order valence-corrected chi connectivity index (χ2v) is 6.12. The Bertz CT molecular complexity index is 823. The molecule has 0 spiro atoms. The average Bonchev–Trinajstić information content (AvgIpc) is 3.27. The number of hydrogen-bond donors (Lipinski definition) is 0. The van der Waals surface area contributed by atoms with Gasteiger partial charge < -0.3 is 9.42 Å². The van der Waals surface area contributed by atoms with E-state index in [1.54, 1.807) is 12.4 Å². The quantitative estimate of drug-likeness (QED) is 0.724. The van der Waals surface area contributed by atoms with Gasteiger partial charge in [-0.25, -0.2) is 9.97 Å². The number of anilines is 1. The van der Waals surface area contributed by atoms with Crippen molar-refractivity contribution >= 4 is 17.5 Å². The van der Waals surface area contributed by atoms with Crippen LogP contribution in [0.2, 0.25) is 5.02 Å². The van der Waals surface area contributed by atoms with Crippen LogP contribution in [0.1, 0.15) is 36.2 Å². The van der Waals surface area contributed by atoms with Crippen molar-refractivity contribution in [3.05, 3.63) is 65.0 Å². The second kappa shape index (κ2) is 6.57. The highest BCUT2D eigenvalue weighted by Gasteiger charge is 2.32. The lowest BCUT2D eigenvalue weighted by Gasteiger charge is -2.21. The molecule has 2 aromatic heterocycles. The predicted molar refractivity (Wildman–Crippen MR) is 89.9 cm³/mol. The Balaban J connectivity index is 1.55. The summed E-state index contributed by atoms with van der Waals surface area (Å²) in [4.78, 5) is 15.3. The van der Waals surface area contributed by atoms with Crippen LogP contribution >= 0.6 is 11.6 Å². The minimum Gasteiger partial charge on any atom is -0.337 e. The Kier molecular flexibility index (Phi) is 4.13. The highest BCUT2D eigenvalue weighted by molar-refractivity contribution is 6.31. The fraction of sp³-hybridized carbons (Fsp3) is 0.294. The number of nitrogens with zero attached hydrogens (tertiary/aromatic N) is 5. The van der Waals surface area contributed by atoms with Crippen molar-refractivity contribution in [2.24, 2.45) is 0 Å². The van der Waals surface area contributed by atoms with Gasteiger partial charge in [0.2, 0.25) is 11.8 Å². The van der Waals surface area contributed by atoms with Crippen LogP contribution in [0.25, 0.3) is 0 Å². The van der Waals surface area contributed by atoms with Gasteiger partial charge in [-0.1, -0.05) is 35.0 Å². The SMILES string of the molecule is Clc1ccccc1Cc1noc(C2CCCN2c2ncccn2)n1. The molecule has 6 nitrogen and oxygen atoms in total. The van der Waals surface area contributed by atoms with Gasteiger partial charge in [0.25, 0.3) is 0 Å². The third kappa shape index (κ3) is 2.97. The van der Waals surface area contributed by atoms with E-state index < -0.39 is 0 Å². The van der Waals surface area contributed by atoms with E-state index >= 15 is 0 Å². The number of hydrogen-bond acceptors (Lipinski definition) is 6. The third-order valence-electron chi connectivity index (χ3n) is 4.14. The zero-order valence-corrected chi connectivity index (χ0v) is 13.7. The number of benzene rings is 1. The molecular formula is C17H16ClN5O.